The zero-order valence-corrected chi connectivity index (χ0v) is 8.64. The fourth-order valence-electron chi connectivity index (χ4n) is 0.731. The smallest absolute Gasteiger partial charge is 0.351 e. The fraction of sp³-hybridized carbons (Fsp3) is 0.500. The Kier molecular flexibility index (Phi) is 3.94. The van der Waals surface area contributed by atoms with Crippen LogP contribution in [0.4, 0.5) is 4.39 Å². The first-order valence-electron chi connectivity index (χ1n) is 4.03. The molecule has 1 unspecified atom stereocenters. The van der Waals surface area contributed by atoms with Gasteiger partial charge in [-0.2, -0.15) is 0 Å². The van der Waals surface area contributed by atoms with Gasteiger partial charge in [0.25, 0.3) is 10.7 Å². The topological polar surface area (TPSA) is 52.3 Å². The highest BCUT2D eigenvalue weighted by molar-refractivity contribution is 8.00. The fourth-order valence-corrected chi connectivity index (χ4v) is 1.37. The van der Waals surface area contributed by atoms with Crippen molar-refractivity contribution in [2.45, 2.75) is 24.6 Å². The van der Waals surface area contributed by atoms with Crippen LogP contribution < -0.4 is 0 Å². The van der Waals surface area contributed by atoms with Gasteiger partial charge >= 0.3 is 5.97 Å². The van der Waals surface area contributed by atoms with E-state index >= 15 is 0 Å². The lowest BCUT2D eigenvalue weighted by Crippen LogP contribution is -2.15. The highest BCUT2D eigenvalue weighted by atomic mass is 32.2. The number of ether oxygens (including phenoxy) is 1. The van der Waals surface area contributed by atoms with E-state index in [1.165, 1.54) is 6.26 Å². The number of thioether (sulfide) groups is 1. The Morgan fingerprint density at radius 2 is 2.57 bits per heavy atom. The van der Waals surface area contributed by atoms with Gasteiger partial charge in [-0.05, 0) is 25.6 Å². The number of oxazole rings is 1. The van der Waals surface area contributed by atoms with E-state index in [0.717, 1.165) is 0 Å². The maximum atomic E-state index is 13.1. The largest absolute Gasteiger partial charge is 0.463 e. The van der Waals surface area contributed by atoms with Gasteiger partial charge in [0.1, 0.15) is 6.26 Å². The van der Waals surface area contributed by atoms with Gasteiger partial charge in [-0.3, -0.25) is 0 Å². The summed E-state index contributed by atoms with van der Waals surface area (Å²) in [5.74, 6) is -0.909. The number of aryl methyl sites for hydroxylation is 1. The summed E-state index contributed by atoms with van der Waals surface area (Å²) in [4.78, 5) is 14.7. The molecule has 0 radical (unpaired) electrons. The number of hydrogen-bond donors (Lipinski definition) is 0. The van der Waals surface area contributed by atoms with E-state index in [2.05, 4.69) is 9.72 Å². The van der Waals surface area contributed by atoms with Gasteiger partial charge in [0, 0.05) is 0 Å². The quantitative estimate of drug-likeness (QED) is 0.572. The first-order valence-corrected chi connectivity index (χ1v) is 4.91. The molecule has 1 aromatic rings. The van der Waals surface area contributed by atoms with Crippen LogP contribution in [-0.2, 0) is 9.53 Å². The Hall–Kier alpha value is -1.04. The number of halogens is 1. The molecule has 14 heavy (non-hydrogen) atoms. The van der Waals surface area contributed by atoms with Crippen LogP contribution in [0.25, 0.3) is 0 Å². The van der Waals surface area contributed by atoms with Crippen LogP contribution in [0.3, 0.4) is 0 Å². The van der Waals surface area contributed by atoms with E-state index in [4.69, 9.17) is 4.42 Å². The molecule has 0 aromatic carbocycles. The normalized spacial score (nSPS) is 12.5. The summed E-state index contributed by atoms with van der Waals surface area (Å²) in [5, 5.41) is 0.128. The predicted molar refractivity (Wildman–Crippen MR) is 48.6 cm³/mol. The van der Waals surface area contributed by atoms with Crippen molar-refractivity contribution in [1.82, 2.24) is 4.98 Å². The minimum Gasteiger partial charge on any atom is -0.463 e. The molecule has 78 valence electrons. The van der Waals surface area contributed by atoms with Crippen molar-refractivity contribution >= 4 is 17.7 Å². The summed E-state index contributed by atoms with van der Waals surface area (Å²) >= 11 is 0.593. The maximum Gasteiger partial charge on any atom is 0.351 e. The van der Waals surface area contributed by atoms with Crippen LogP contribution >= 0.6 is 11.8 Å². The van der Waals surface area contributed by atoms with Gasteiger partial charge in [-0.1, -0.05) is 0 Å². The van der Waals surface area contributed by atoms with Crippen LogP contribution in [0.2, 0.25) is 0 Å². The molecule has 0 saturated carbocycles. The molecule has 0 fully saturated rings. The molecule has 0 bridgehead atoms. The van der Waals surface area contributed by atoms with E-state index in [0.29, 0.717) is 17.5 Å². The Morgan fingerprint density at radius 3 is 3.07 bits per heavy atom. The van der Waals surface area contributed by atoms with Gasteiger partial charge in [-0.25, -0.2) is 14.2 Å². The van der Waals surface area contributed by atoms with Crippen molar-refractivity contribution in [2.24, 2.45) is 0 Å². The molecule has 6 heteroatoms. The van der Waals surface area contributed by atoms with E-state index in [9.17, 15) is 9.18 Å². The lowest BCUT2D eigenvalue weighted by molar-refractivity contribution is -0.145. The molecule has 0 saturated heterocycles. The summed E-state index contributed by atoms with van der Waals surface area (Å²) in [7, 11) is 0. The molecule has 4 nitrogen and oxygen atoms in total. The van der Waals surface area contributed by atoms with Crippen LogP contribution in [0, 0.1) is 6.92 Å². The number of carbonyl (C=O) groups excluding carboxylic acids is 1. The third kappa shape index (κ3) is 3.02. The average Bonchev–Trinajstić information content (AvgIpc) is 2.51. The second kappa shape index (κ2) is 4.99. The highest BCUT2D eigenvalue weighted by Gasteiger charge is 2.22. The average molecular weight is 219 g/mol. The van der Waals surface area contributed by atoms with E-state index < -0.39 is 11.5 Å². The van der Waals surface area contributed by atoms with Crippen molar-refractivity contribution in [3.05, 3.63) is 12.0 Å². The monoisotopic (exact) mass is 219 g/mol. The maximum absolute atomic E-state index is 13.1. The summed E-state index contributed by atoms with van der Waals surface area (Å²) in [6.45, 7) is 3.49. The van der Waals surface area contributed by atoms with Crippen molar-refractivity contribution in [2.75, 3.05) is 6.61 Å². The molecular weight excluding hydrogens is 209 g/mol. The third-order valence-electron chi connectivity index (χ3n) is 1.27. The number of esters is 1. The molecular formula is C8H10FNO3S. The second-order valence-corrected chi connectivity index (χ2v) is 3.44. The number of nitrogens with zero attached hydrogens (tertiary/aromatic N) is 1. The molecule has 0 amide bonds. The summed E-state index contributed by atoms with van der Waals surface area (Å²) < 4.78 is 22.4. The molecule has 1 aromatic heterocycles. The minimum absolute atomic E-state index is 0.128. The first-order chi connectivity index (χ1) is 6.63. The van der Waals surface area contributed by atoms with E-state index in [1.807, 2.05) is 0 Å². The summed E-state index contributed by atoms with van der Waals surface area (Å²) in [6.07, 6.45) is 1.39. The van der Waals surface area contributed by atoms with Crippen LogP contribution in [-0.4, -0.2) is 23.1 Å². The molecule has 0 N–H and O–H groups in total. The van der Waals surface area contributed by atoms with Crippen molar-refractivity contribution < 1.29 is 18.3 Å². The third-order valence-corrected chi connectivity index (χ3v) is 2.06. The standard InChI is InChI=1S/C8H10FNO3S/c1-3-12-7(11)6(9)14-8-10-5(2)4-13-8/h4,6H,3H2,1-2H3. The van der Waals surface area contributed by atoms with Gasteiger partial charge in [-0.15, -0.1) is 0 Å². The Bertz CT molecular complexity index is 315. The molecule has 0 aliphatic rings. The van der Waals surface area contributed by atoms with Gasteiger partial charge in [0.05, 0.1) is 12.3 Å². The number of carbonyl (C=O) groups is 1. The van der Waals surface area contributed by atoms with Crippen molar-refractivity contribution in [3.63, 3.8) is 0 Å². The Balaban J connectivity index is 2.48. The van der Waals surface area contributed by atoms with Gasteiger partial charge < -0.3 is 9.15 Å². The zero-order valence-electron chi connectivity index (χ0n) is 7.82. The minimum atomic E-state index is -1.78. The number of aromatic nitrogens is 1. The van der Waals surface area contributed by atoms with Crippen LogP contribution in [0.1, 0.15) is 12.6 Å². The predicted octanol–water partition coefficient (Wildman–Crippen LogP) is 1.93. The Morgan fingerprint density at radius 1 is 1.86 bits per heavy atom. The van der Waals surface area contributed by atoms with Crippen LogP contribution in [0.15, 0.2) is 15.9 Å². The van der Waals surface area contributed by atoms with Gasteiger partial charge in [0.2, 0.25) is 0 Å². The SMILES string of the molecule is CCOC(=O)C(F)Sc1nc(C)co1. The first kappa shape index (κ1) is 11.0. The summed E-state index contributed by atoms with van der Waals surface area (Å²) in [6, 6.07) is 0. The van der Waals surface area contributed by atoms with E-state index in [1.54, 1.807) is 13.8 Å². The Labute approximate surface area is 84.8 Å². The van der Waals surface area contributed by atoms with E-state index in [-0.39, 0.29) is 11.8 Å². The number of rotatable bonds is 4. The molecule has 1 rings (SSSR count). The van der Waals surface area contributed by atoms with Gasteiger partial charge in [0.15, 0.2) is 0 Å². The lowest BCUT2D eigenvalue weighted by atomic mass is 10.6. The molecule has 0 aliphatic carbocycles. The van der Waals surface area contributed by atoms with Crippen molar-refractivity contribution in [3.8, 4) is 0 Å². The number of alkyl halides is 1. The zero-order chi connectivity index (χ0) is 10.6. The van der Waals surface area contributed by atoms with Crippen LogP contribution in [0.5, 0.6) is 0 Å². The molecule has 1 atom stereocenters. The van der Waals surface area contributed by atoms with Crippen molar-refractivity contribution in [1.29, 1.82) is 0 Å². The lowest BCUT2D eigenvalue weighted by Gasteiger charge is -2.03. The molecule has 1 heterocycles. The molecule has 0 spiro atoms. The summed E-state index contributed by atoms with van der Waals surface area (Å²) in [5.41, 5.74) is -1.14. The number of hydrogen-bond acceptors (Lipinski definition) is 5. The highest BCUT2D eigenvalue weighted by Crippen LogP contribution is 2.24. The molecule has 0 aliphatic heterocycles. The second-order valence-electron chi connectivity index (χ2n) is 2.44.